The molecule has 0 amide bonds. The number of aromatic hydroxyl groups is 2. The SMILES string of the molecule is CCCCCc1cc(O)c([C@@H]2C=C(C)CCC2C2CC2C)c(O)c1C(=O)OC. The molecule has 3 rings (SSSR count). The third kappa shape index (κ3) is 4.06. The van der Waals surface area contributed by atoms with Crippen LogP contribution < -0.4 is 0 Å². The highest BCUT2D eigenvalue weighted by Gasteiger charge is 2.45. The molecular weight excluding hydrogens is 352 g/mol. The summed E-state index contributed by atoms with van der Waals surface area (Å²) in [5.74, 6) is 1.14. The standard InChI is InChI=1S/C24H34O4/c1-5-6-7-8-16-13-20(25)22(23(26)21(16)24(27)28-4)19-11-14(2)9-10-17(19)18-12-15(18)3/h11,13,15,17-19,25-26H,5-10,12H2,1-4H3/t15?,17?,18?,19-/m1/s1. The minimum atomic E-state index is -0.530. The van der Waals surface area contributed by atoms with E-state index in [2.05, 4.69) is 26.8 Å². The molecule has 0 saturated heterocycles. The lowest BCUT2D eigenvalue weighted by molar-refractivity contribution is 0.0595. The van der Waals surface area contributed by atoms with Crippen LogP contribution in [-0.2, 0) is 11.2 Å². The van der Waals surface area contributed by atoms with Gasteiger partial charge >= 0.3 is 5.97 Å². The number of phenols is 2. The van der Waals surface area contributed by atoms with Crippen LogP contribution in [0.15, 0.2) is 17.7 Å². The molecule has 154 valence electrons. The zero-order valence-corrected chi connectivity index (χ0v) is 17.6. The Morgan fingerprint density at radius 3 is 2.57 bits per heavy atom. The largest absolute Gasteiger partial charge is 0.507 e. The Morgan fingerprint density at radius 2 is 1.96 bits per heavy atom. The first-order chi connectivity index (χ1) is 13.4. The molecule has 4 atom stereocenters. The molecule has 0 aromatic heterocycles. The average Bonchev–Trinajstić information content (AvgIpc) is 3.38. The highest BCUT2D eigenvalue weighted by atomic mass is 16.5. The van der Waals surface area contributed by atoms with Crippen molar-refractivity contribution in [2.45, 2.75) is 71.6 Å². The Hall–Kier alpha value is -1.97. The van der Waals surface area contributed by atoms with Crippen LogP contribution in [0.2, 0.25) is 0 Å². The molecule has 2 N–H and O–H groups in total. The van der Waals surface area contributed by atoms with Gasteiger partial charge in [0.05, 0.1) is 7.11 Å². The molecule has 1 saturated carbocycles. The molecule has 4 heteroatoms. The van der Waals surface area contributed by atoms with E-state index in [-0.39, 0.29) is 23.0 Å². The number of carbonyl (C=O) groups is 1. The Labute approximate surface area is 168 Å². The maximum atomic E-state index is 12.5. The zero-order chi connectivity index (χ0) is 20.4. The van der Waals surface area contributed by atoms with E-state index >= 15 is 0 Å². The van der Waals surface area contributed by atoms with E-state index < -0.39 is 5.97 Å². The van der Waals surface area contributed by atoms with Crippen LogP contribution >= 0.6 is 0 Å². The number of hydrogen-bond donors (Lipinski definition) is 2. The van der Waals surface area contributed by atoms with Gasteiger partial charge in [-0.15, -0.1) is 0 Å². The fourth-order valence-corrected chi connectivity index (χ4v) is 4.96. The van der Waals surface area contributed by atoms with Crippen molar-refractivity contribution in [1.82, 2.24) is 0 Å². The lowest BCUT2D eigenvalue weighted by Crippen LogP contribution is -2.20. The predicted molar refractivity (Wildman–Crippen MR) is 111 cm³/mol. The second-order valence-electron chi connectivity index (χ2n) is 8.76. The average molecular weight is 387 g/mol. The molecule has 1 aromatic carbocycles. The number of benzene rings is 1. The fraction of sp³-hybridized carbons (Fsp3) is 0.625. The molecule has 2 aliphatic carbocycles. The lowest BCUT2D eigenvalue weighted by Gasteiger charge is -2.32. The van der Waals surface area contributed by atoms with Gasteiger partial charge in [-0.3, -0.25) is 0 Å². The summed E-state index contributed by atoms with van der Waals surface area (Å²) in [7, 11) is 1.34. The van der Waals surface area contributed by atoms with Crippen LogP contribution in [-0.4, -0.2) is 23.3 Å². The van der Waals surface area contributed by atoms with E-state index in [0.717, 1.165) is 32.1 Å². The predicted octanol–water partition coefficient (Wildman–Crippen LogP) is 5.71. The number of methoxy groups -OCH3 is 1. The van der Waals surface area contributed by atoms with Gasteiger partial charge in [-0.1, -0.05) is 38.3 Å². The Morgan fingerprint density at radius 1 is 1.25 bits per heavy atom. The first-order valence-corrected chi connectivity index (χ1v) is 10.7. The van der Waals surface area contributed by atoms with Crippen molar-refractivity contribution in [1.29, 1.82) is 0 Å². The molecule has 0 spiro atoms. The van der Waals surface area contributed by atoms with Gasteiger partial charge < -0.3 is 14.9 Å². The summed E-state index contributed by atoms with van der Waals surface area (Å²) < 4.78 is 4.98. The fourth-order valence-electron chi connectivity index (χ4n) is 4.96. The molecule has 1 aromatic rings. The molecule has 0 heterocycles. The summed E-state index contributed by atoms with van der Waals surface area (Å²) in [6.07, 6.45) is 9.16. The summed E-state index contributed by atoms with van der Waals surface area (Å²) in [5.41, 5.74) is 2.68. The maximum Gasteiger partial charge on any atom is 0.341 e. The molecule has 1 fully saturated rings. The van der Waals surface area contributed by atoms with Crippen LogP contribution in [0.3, 0.4) is 0 Å². The monoisotopic (exact) mass is 386 g/mol. The van der Waals surface area contributed by atoms with Gasteiger partial charge in [0.2, 0.25) is 0 Å². The number of carbonyl (C=O) groups excluding carboxylic acids is 1. The smallest absolute Gasteiger partial charge is 0.341 e. The molecule has 28 heavy (non-hydrogen) atoms. The van der Waals surface area contributed by atoms with Crippen LogP contribution in [0.4, 0.5) is 0 Å². The van der Waals surface area contributed by atoms with Crippen molar-refractivity contribution in [2.75, 3.05) is 7.11 Å². The number of ether oxygens (including phenoxy) is 1. The van der Waals surface area contributed by atoms with Crippen LogP contribution in [0.1, 0.15) is 86.7 Å². The Bertz CT molecular complexity index is 764. The van der Waals surface area contributed by atoms with Crippen LogP contribution in [0.5, 0.6) is 11.5 Å². The minimum Gasteiger partial charge on any atom is -0.507 e. The van der Waals surface area contributed by atoms with E-state index in [9.17, 15) is 15.0 Å². The van der Waals surface area contributed by atoms with E-state index in [1.54, 1.807) is 6.07 Å². The highest BCUT2D eigenvalue weighted by Crippen LogP contribution is 2.56. The summed E-state index contributed by atoms with van der Waals surface area (Å²) in [5, 5.41) is 22.0. The highest BCUT2D eigenvalue weighted by molar-refractivity contribution is 5.95. The van der Waals surface area contributed by atoms with Gasteiger partial charge in [0, 0.05) is 11.5 Å². The van der Waals surface area contributed by atoms with Gasteiger partial charge in [-0.2, -0.15) is 0 Å². The summed E-state index contributed by atoms with van der Waals surface area (Å²) in [4.78, 5) is 12.5. The van der Waals surface area contributed by atoms with E-state index in [1.807, 2.05) is 0 Å². The minimum absolute atomic E-state index is 0.0585. The van der Waals surface area contributed by atoms with Gasteiger partial charge in [0.1, 0.15) is 17.1 Å². The number of unbranched alkanes of at least 4 members (excludes halogenated alkanes) is 2. The van der Waals surface area contributed by atoms with Crippen molar-refractivity contribution in [3.63, 3.8) is 0 Å². The molecule has 4 nitrogen and oxygen atoms in total. The second kappa shape index (κ2) is 8.59. The number of phenolic OH excluding ortho intramolecular Hbond substituents is 2. The van der Waals surface area contributed by atoms with E-state index in [0.29, 0.717) is 35.3 Å². The molecule has 0 radical (unpaired) electrons. The molecule has 3 unspecified atom stereocenters. The third-order valence-electron chi connectivity index (χ3n) is 6.69. The topological polar surface area (TPSA) is 66.8 Å². The first-order valence-electron chi connectivity index (χ1n) is 10.7. The van der Waals surface area contributed by atoms with Crippen molar-refractivity contribution in [3.05, 3.63) is 34.4 Å². The summed E-state index contributed by atoms with van der Waals surface area (Å²) in [6.45, 7) is 6.49. The van der Waals surface area contributed by atoms with Crippen molar-refractivity contribution in [3.8, 4) is 11.5 Å². The first kappa shape index (κ1) is 20.8. The van der Waals surface area contributed by atoms with Gasteiger partial charge in [-0.25, -0.2) is 4.79 Å². The number of hydrogen-bond acceptors (Lipinski definition) is 4. The van der Waals surface area contributed by atoms with E-state index in [4.69, 9.17) is 4.74 Å². The van der Waals surface area contributed by atoms with Crippen molar-refractivity contribution >= 4 is 5.97 Å². The number of esters is 1. The Balaban J connectivity index is 2.06. The second-order valence-corrected chi connectivity index (χ2v) is 8.76. The number of aryl methyl sites for hydroxylation is 1. The third-order valence-corrected chi connectivity index (χ3v) is 6.69. The van der Waals surface area contributed by atoms with Crippen molar-refractivity contribution in [2.24, 2.45) is 17.8 Å². The normalized spacial score (nSPS) is 26.6. The van der Waals surface area contributed by atoms with E-state index in [1.165, 1.54) is 19.1 Å². The number of allylic oxidation sites excluding steroid dienone is 2. The summed E-state index contributed by atoms with van der Waals surface area (Å²) >= 11 is 0. The quantitative estimate of drug-likeness (QED) is 0.358. The van der Waals surface area contributed by atoms with Crippen LogP contribution in [0, 0.1) is 17.8 Å². The molecule has 2 aliphatic rings. The molecule has 0 aliphatic heterocycles. The van der Waals surface area contributed by atoms with Gasteiger partial charge in [0.15, 0.2) is 0 Å². The maximum absolute atomic E-state index is 12.5. The van der Waals surface area contributed by atoms with Gasteiger partial charge in [0.25, 0.3) is 0 Å². The van der Waals surface area contributed by atoms with Crippen LogP contribution in [0.25, 0.3) is 0 Å². The molecule has 0 bridgehead atoms. The Kier molecular flexibility index (Phi) is 6.36. The lowest BCUT2D eigenvalue weighted by atomic mass is 9.73. The number of rotatable bonds is 7. The van der Waals surface area contributed by atoms with Crippen molar-refractivity contribution < 1.29 is 19.7 Å². The summed E-state index contributed by atoms with van der Waals surface area (Å²) in [6, 6.07) is 1.68. The van der Waals surface area contributed by atoms with Gasteiger partial charge in [-0.05, 0) is 68.4 Å². The zero-order valence-electron chi connectivity index (χ0n) is 17.6. The molecular formula is C24H34O4.